The summed E-state index contributed by atoms with van der Waals surface area (Å²) in [6, 6.07) is 16.9. The number of hydrogen-bond acceptors (Lipinski definition) is 7. The number of aliphatic hydroxyl groups is 1. The van der Waals surface area contributed by atoms with Crippen LogP contribution in [0.3, 0.4) is 0 Å². The van der Waals surface area contributed by atoms with E-state index in [1.165, 1.54) is 12.1 Å². The maximum absolute atomic E-state index is 13.3. The summed E-state index contributed by atoms with van der Waals surface area (Å²) in [6.07, 6.45) is -1.25. The number of hydrogen-bond donors (Lipinski definition) is 3. The highest BCUT2D eigenvalue weighted by molar-refractivity contribution is 9.10. The van der Waals surface area contributed by atoms with E-state index in [4.69, 9.17) is 4.74 Å². The van der Waals surface area contributed by atoms with Crippen molar-refractivity contribution >= 4 is 54.5 Å². The number of esters is 1. The molecule has 3 aromatic carbocycles. The van der Waals surface area contributed by atoms with E-state index < -0.39 is 46.6 Å². The van der Waals surface area contributed by atoms with Gasteiger partial charge in [-0.05, 0) is 47.2 Å². The van der Waals surface area contributed by atoms with E-state index in [0.717, 1.165) is 14.2 Å². The Kier molecular flexibility index (Phi) is 7.69. The molecule has 1 heterocycles. The molecule has 1 aliphatic heterocycles. The molecule has 3 aromatic rings. The van der Waals surface area contributed by atoms with Gasteiger partial charge in [-0.2, -0.15) is 4.31 Å². The number of fused-ring (bicyclic) bond motifs is 1. The number of halogens is 1. The fraction of sp³-hybridized carbons (Fsp3) is 0.208. The first kappa shape index (κ1) is 25.8. The molecule has 2 atom stereocenters. The zero-order valence-electron chi connectivity index (χ0n) is 18.8. The highest BCUT2D eigenvalue weighted by atomic mass is 79.9. The second-order valence-corrected chi connectivity index (χ2v) is 10.9. The summed E-state index contributed by atoms with van der Waals surface area (Å²) >= 11 is 3.25. The third-order valence-corrected chi connectivity index (χ3v) is 8.00. The van der Waals surface area contributed by atoms with Crippen molar-refractivity contribution in [2.45, 2.75) is 23.5 Å². The third-order valence-electron chi connectivity index (χ3n) is 5.60. The van der Waals surface area contributed by atoms with Crippen LogP contribution in [0.5, 0.6) is 0 Å². The number of hydrazine groups is 1. The van der Waals surface area contributed by atoms with Gasteiger partial charge in [-0.1, -0.05) is 46.3 Å². The monoisotopic (exact) mass is 575 g/mol. The van der Waals surface area contributed by atoms with E-state index in [9.17, 15) is 27.9 Å². The molecule has 2 unspecified atom stereocenters. The van der Waals surface area contributed by atoms with E-state index in [-0.39, 0.29) is 17.9 Å². The molecule has 0 saturated carbocycles. The second kappa shape index (κ2) is 10.7. The molecule has 0 spiro atoms. The van der Waals surface area contributed by atoms with Gasteiger partial charge in [-0.3, -0.25) is 25.2 Å². The fourth-order valence-electron chi connectivity index (χ4n) is 3.80. The van der Waals surface area contributed by atoms with Crippen molar-refractivity contribution in [3.05, 3.63) is 76.8 Å². The Bertz CT molecular complexity index is 1410. The Morgan fingerprint density at radius 3 is 2.42 bits per heavy atom. The minimum Gasteiger partial charge on any atom is -0.454 e. The van der Waals surface area contributed by atoms with Crippen LogP contribution in [-0.4, -0.2) is 60.9 Å². The predicted octanol–water partition coefficient (Wildman–Crippen LogP) is 1.73. The lowest BCUT2D eigenvalue weighted by atomic mass is 10.1. The Hall–Kier alpha value is -3.32. The van der Waals surface area contributed by atoms with Gasteiger partial charge in [0.25, 0.3) is 11.8 Å². The number of rotatable bonds is 6. The van der Waals surface area contributed by atoms with Crippen LogP contribution in [0.15, 0.2) is 76.1 Å². The van der Waals surface area contributed by atoms with Gasteiger partial charge in [0, 0.05) is 23.0 Å². The zero-order valence-corrected chi connectivity index (χ0v) is 21.2. The molecule has 4 rings (SSSR count). The van der Waals surface area contributed by atoms with Gasteiger partial charge < -0.3 is 9.84 Å². The molecule has 12 heteroatoms. The van der Waals surface area contributed by atoms with Crippen LogP contribution < -0.4 is 10.9 Å². The Morgan fingerprint density at radius 2 is 1.69 bits per heavy atom. The average Bonchev–Trinajstić information content (AvgIpc) is 3.28. The van der Waals surface area contributed by atoms with E-state index in [2.05, 4.69) is 26.8 Å². The van der Waals surface area contributed by atoms with Crippen LogP contribution in [0.4, 0.5) is 0 Å². The number of benzene rings is 3. The lowest BCUT2D eigenvalue weighted by Crippen LogP contribution is -2.45. The number of sulfonamides is 1. The van der Waals surface area contributed by atoms with Crippen LogP contribution in [0.2, 0.25) is 0 Å². The molecule has 10 nitrogen and oxygen atoms in total. The minimum atomic E-state index is -4.14. The van der Waals surface area contributed by atoms with Gasteiger partial charge in [-0.15, -0.1) is 0 Å². The molecule has 0 radical (unpaired) electrons. The number of nitrogens with zero attached hydrogens (tertiary/aromatic N) is 1. The van der Waals surface area contributed by atoms with Gasteiger partial charge >= 0.3 is 5.97 Å². The highest BCUT2D eigenvalue weighted by Crippen LogP contribution is 2.29. The van der Waals surface area contributed by atoms with E-state index in [0.29, 0.717) is 10.9 Å². The molecular formula is C24H22BrN3O7S. The predicted molar refractivity (Wildman–Crippen MR) is 133 cm³/mol. The van der Waals surface area contributed by atoms with Gasteiger partial charge in [0.05, 0.1) is 11.0 Å². The topological polar surface area (TPSA) is 142 Å². The first-order valence-corrected chi connectivity index (χ1v) is 13.1. The van der Waals surface area contributed by atoms with E-state index >= 15 is 0 Å². The summed E-state index contributed by atoms with van der Waals surface area (Å²) in [7, 11) is -4.14. The van der Waals surface area contributed by atoms with Gasteiger partial charge in [-0.25, -0.2) is 8.42 Å². The maximum Gasteiger partial charge on any atom is 0.325 e. The van der Waals surface area contributed by atoms with Crippen LogP contribution >= 0.6 is 15.9 Å². The Labute approximate surface area is 215 Å². The summed E-state index contributed by atoms with van der Waals surface area (Å²) in [4.78, 5) is 36.8. The van der Waals surface area contributed by atoms with Crippen LogP contribution in [0, 0.1) is 0 Å². The fourth-order valence-corrected chi connectivity index (χ4v) is 5.72. The molecule has 1 saturated heterocycles. The molecule has 1 fully saturated rings. The van der Waals surface area contributed by atoms with Crippen LogP contribution in [0.1, 0.15) is 16.8 Å². The molecule has 0 bridgehead atoms. The van der Waals surface area contributed by atoms with Crippen molar-refractivity contribution in [2.75, 3.05) is 13.2 Å². The van der Waals surface area contributed by atoms with E-state index in [1.54, 1.807) is 42.5 Å². The quantitative estimate of drug-likeness (QED) is 0.300. The lowest BCUT2D eigenvalue weighted by molar-refractivity contribution is -0.151. The van der Waals surface area contributed by atoms with Crippen molar-refractivity contribution in [1.82, 2.24) is 15.2 Å². The number of ether oxygens (including phenoxy) is 1. The van der Waals surface area contributed by atoms with Gasteiger partial charge in [0.2, 0.25) is 10.0 Å². The van der Waals surface area contributed by atoms with Crippen molar-refractivity contribution in [3.8, 4) is 0 Å². The molecule has 188 valence electrons. The lowest BCUT2D eigenvalue weighted by Gasteiger charge is -2.22. The first-order valence-electron chi connectivity index (χ1n) is 10.9. The normalized spacial score (nSPS) is 18.1. The molecule has 36 heavy (non-hydrogen) atoms. The molecular weight excluding hydrogens is 554 g/mol. The minimum absolute atomic E-state index is 0.0264. The molecule has 2 amide bonds. The van der Waals surface area contributed by atoms with Crippen molar-refractivity contribution in [1.29, 1.82) is 0 Å². The van der Waals surface area contributed by atoms with Crippen LogP contribution in [-0.2, 0) is 24.3 Å². The summed E-state index contributed by atoms with van der Waals surface area (Å²) in [5.74, 6) is -2.38. The summed E-state index contributed by atoms with van der Waals surface area (Å²) in [6.45, 7) is -1.04. The summed E-state index contributed by atoms with van der Waals surface area (Å²) in [5.41, 5.74) is 4.62. The standard InChI is InChI=1S/C24H22BrN3O7S/c25-18-8-5-16(6-9-18)23(31)27-26-22(30)14-35-24(32)21-12-19(29)13-28(21)36(33,34)20-10-7-15-3-1-2-4-17(15)11-20/h1-11,19,21,29H,12-14H2,(H,26,30)(H,27,31). The SMILES string of the molecule is O=C(COC(=O)C1CC(O)CN1S(=O)(=O)c1ccc2ccccc2c1)NNC(=O)c1ccc(Br)cc1. The number of β-amino-alcohol motifs (C(OH)–C–C–N with tert-alkyl or cyclic N) is 1. The van der Waals surface area contributed by atoms with Gasteiger partial charge in [0.15, 0.2) is 6.61 Å². The summed E-state index contributed by atoms with van der Waals surface area (Å²) in [5, 5.41) is 11.7. The zero-order chi connectivity index (χ0) is 25.9. The number of amides is 2. The number of carbonyl (C=O) groups excluding carboxylic acids is 3. The highest BCUT2D eigenvalue weighted by Gasteiger charge is 2.44. The third kappa shape index (κ3) is 5.73. The largest absolute Gasteiger partial charge is 0.454 e. The number of nitrogens with one attached hydrogen (secondary N) is 2. The molecule has 0 aliphatic carbocycles. The molecule has 0 aromatic heterocycles. The van der Waals surface area contributed by atoms with E-state index in [1.807, 2.05) is 12.1 Å². The number of aliphatic hydroxyl groups excluding tert-OH is 1. The first-order chi connectivity index (χ1) is 17.1. The average molecular weight is 576 g/mol. The van der Waals surface area contributed by atoms with Gasteiger partial charge in [0.1, 0.15) is 6.04 Å². The smallest absolute Gasteiger partial charge is 0.325 e. The number of carbonyl (C=O) groups is 3. The van der Waals surface area contributed by atoms with Crippen LogP contribution in [0.25, 0.3) is 10.8 Å². The van der Waals surface area contributed by atoms with Crippen molar-refractivity contribution < 1.29 is 32.6 Å². The Balaban J connectivity index is 1.38. The molecule has 1 aliphatic rings. The summed E-state index contributed by atoms with van der Waals surface area (Å²) < 4.78 is 33.2. The second-order valence-electron chi connectivity index (χ2n) is 8.11. The Morgan fingerprint density at radius 1 is 1.00 bits per heavy atom. The molecule has 3 N–H and O–H groups in total. The maximum atomic E-state index is 13.3. The van der Waals surface area contributed by atoms with Crippen molar-refractivity contribution in [3.63, 3.8) is 0 Å². The van der Waals surface area contributed by atoms with Crippen molar-refractivity contribution in [2.24, 2.45) is 0 Å².